The van der Waals surface area contributed by atoms with Crippen LogP contribution in [0.15, 0.2) is 12.4 Å². The Morgan fingerprint density at radius 2 is 2.21 bits per heavy atom. The lowest BCUT2D eigenvalue weighted by Crippen LogP contribution is -2.07. The van der Waals surface area contributed by atoms with E-state index in [1.807, 2.05) is 0 Å². The fourth-order valence-corrected chi connectivity index (χ4v) is 1.15. The Kier molecular flexibility index (Phi) is 3.39. The molecule has 0 aliphatic carbocycles. The smallest absolute Gasteiger partial charge is 0.303 e. The molecule has 0 fully saturated rings. The molecule has 76 valence electrons. The maximum absolute atomic E-state index is 11.4. The highest BCUT2D eigenvalue weighted by Gasteiger charge is 2.10. The Morgan fingerprint density at radius 1 is 1.50 bits per heavy atom. The van der Waals surface area contributed by atoms with Crippen LogP contribution in [0.2, 0.25) is 0 Å². The van der Waals surface area contributed by atoms with Crippen LogP contribution in [0, 0.1) is 0 Å². The van der Waals surface area contributed by atoms with Gasteiger partial charge in [0.25, 0.3) is 0 Å². The normalized spacial score (nSPS) is 10.1. The van der Waals surface area contributed by atoms with Gasteiger partial charge in [-0.3, -0.25) is 9.59 Å². The average Bonchev–Trinajstić information content (AvgIpc) is 2.50. The number of rotatable bonds is 5. The number of ketones is 1. The van der Waals surface area contributed by atoms with Crippen molar-refractivity contribution in [2.45, 2.75) is 19.3 Å². The minimum Gasteiger partial charge on any atom is -0.481 e. The van der Waals surface area contributed by atoms with Crippen molar-refractivity contribution in [2.24, 2.45) is 7.05 Å². The first-order chi connectivity index (χ1) is 6.61. The summed E-state index contributed by atoms with van der Waals surface area (Å²) >= 11 is 0. The van der Waals surface area contributed by atoms with Crippen molar-refractivity contribution in [3.63, 3.8) is 0 Å². The number of aliphatic carboxylic acids is 1. The van der Waals surface area contributed by atoms with Gasteiger partial charge in [0.05, 0.1) is 0 Å². The highest BCUT2D eigenvalue weighted by Crippen LogP contribution is 2.04. The zero-order valence-corrected chi connectivity index (χ0v) is 7.93. The Bertz CT molecular complexity index is 344. The average molecular weight is 196 g/mol. The quantitative estimate of drug-likeness (QED) is 0.709. The van der Waals surface area contributed by atoms with Gasteiger partial charge in [0.1, 0.15) is 0 Å². The van der Waals surface area contributed by atoms with Crippen LogP contribution in [0.3, 0.4) is 0 Å². The van der Waals surface area contributed by atoms with Crippen molar-refractivity contribution < 1.29 is 14.7 Å². The highest BCUT2D eigenvalue weighted by molar-refractivity contribution is 5.92. The number of carboxylic acids is 1. The molecular formula is C9H12N2O3. The van der Waals surface area contributed by atoms with Crippen molar-refractivity contribution in [3.8, 4) is 0 Å². The molecule has 1 aromatic heterocycles. The summed E-state index contributed by atoms with van der Waals surface area (Å²) in [7, 11) is 1.73. The number of aryl methyl sites for hydroxylation is 1. The van der Waals surface area contributed by atoms with Crippen molar-refractivity contribution in [1.29, 1.82) is 0 Å². The summed E-state index contributed by atoms with van der Waals surface area (Å²) in [4.78, 5) is 25.5. The molecule has 0 radical (unpaired) electrons. The number of hydrogen-bond acceptors (Lipinski definition) is 3. The van der Waals surface area contributed by atoms with Gasteiger partial charge < -0.3 is 9.67 Å². The van der Waals surface area contributed by atoms with Crippen molar-refractivity contribution >= 4 is 11.8 Å². The first kappa shape index (κ1) is 10.4. The lowest BCUT2D eigenvalue weighted by atomic mass is 10.1. The van der Waals surface area contributed by atoms with Crippen molar-refractivity contribution in [1.82, 2.24) is 9.55 Å². The molecule has 1 N–H and O–H groups in total. The van der Waals surface area contributed by atoms with Gasteiger partial charge in [0.15, 0.2) is 11.6 Å². The first-order valence-electron chi connectivity index (χ1n) is 4.33. The molecule has 5 nitrogen and oxygen atoms in total. The molecule has 1 rings (SSSR count). The van der Waals surface area contributed by atoms with E-state index >= 15 is 0 Å². The molecule has 0 saturated carbocycles. The topological polar surface area (TPSA) is 72.2 Å². The van der Waals surface area contributed by atoms with E-state index in [-0.39, 0.29) is 18.6 Å². The third-order valence-electron chi connectivity index (χ3n) is 1.87. The second-order valence-electron chi connectivity index (χ2n) is 3.03. The van der Waals surface area contributed by atoms with Crippen LogP contribution in [0.1, 0.15) is 29.9 Å². The SMILES string of the molecule is Cn1ccnc1C(=O)CCCC(=O)O. The number of carbonyl (C=O) groups is 2. The predicted molar refractivity (Wildman–Crippen MR) is 49.0 cm³/mol. The number of nitrogens with zero attached hydrogens (tertiary/aromatic N) is 2. The minimum absolute atomic E-state index is 0.0240. The monoisotopic (exact) mass is 196 g/mol. The Hall–Kier alpha value is -1.65. The number of Topliss-reactive ketones (excluding diaryl/α,β-unsaturated/α-hetero) is 1. The van der Waals surface area contributed by atoms with Crippen LogP contribution >= 0.6 is 0 Å². The zero-order chi connectivity index (χ0) is 10.6. The van der Waals surface area contributed by atoms with Gasteiger partial charge in [-0.1, -0.05) is 0 Å². The summed E-state index contributed by atoms with van der Waals surface area (Å²) in [5.74, 6) is -0.605. The molecule has 0 bridgehead atoms. The molecule has 14 heavy (non-hydrogen) atoms. The Morgan fingerprint density at radius 3 is 2.71 bits per heavy atom. The maximum atomic E-state index is 11.4. The van der Waals surface area contributed by atoms with Gasteiger partial charge in [-0.15, -0.1) is 0 Å². The summed E-state index contributed by atoms with van der Waals surface area (Å²) in [5, 5.41) is 8.38. The van der Waals surface area contributed by atoms with Crippen LogP contribution in [-0.4, -0.2) is 26.4 Å². The van der Waals surface area contributed by atoms with E-state index in [1.54, 1.807) is 24.0 Å². The Labute approximate surface area is 81.4 Å². The number of aromatic nitrogens is 2. The van der Waals surface area contributed by atoms with Crippen LogP contribution in [0.25, 0.3) is 0 Å². The van der Waals surface area contributed by atoms with Gasteiger partial charge in [0, 0.05) is 32.3 Å². The van der Waals surface area contributed by atoms with Gasteiger partial charge in [0.2, 0.25) is 0 Å². The molecule has 1 heterocycles. The second-order valence-corrected chi connectivity index (χ2v) is 3.03. The molecule has 0 saturated heterocycles. The molecule has 0 aliphatic heterocycles. The van der Waals surface area contributed by atoms with E-state index in [9.17, 15) is 9.59 Å². The van der Waals surface area contributed by atoms with Crippen molar-refractivity contribution in [2.75, 3.05) is 0 Å². The predicted octanol–water partition coefficient (Wildman–Crippen LogP) is 0.858. The number of carboxylic acid groups (broad SMARTS) is 1. The first-order valence-corrected chi connectivity index (χ1v) is 4.33. The summed E-state index contributed by atoms with van der Waals surface area (Å²) < 4.78 is 1.63. The summed E-state index contributed by atoms with van der Waals surface area (Å²) in [6.07, 6.45) is 3.85. The molecule has 0 aromatic carbocycles. The molecule has 0 aliphatic rings. The summed E-state index contributed by atoms with van der Waals surface area (Å²) in [5.41, 5.74) is 0. The zero-order valence-electron chi connectivity index (χ0n) is 7.93. The van der Waals surface area contributed by atoms with Crippen LogP contribution in [0.4, 0.5) is 0 Å². The molecule has 0 unspecified atom stereocenters. The van der Waals surface area contributed by atoms with E-state index in [4.69, 9.17) is 5.11 Å². The van der Waals surface area contributed by atoms with Gasteiger partial charge >= 0.3 is 5.97 Å². The second kappa shape index (κ2) is 4.55. The maximum Gasteiger partial charge on any atom is 0.303 e. The van der Waals surface area contributed by atoms with Gasteiger partial charge in [-0.05, 0) is 6.42 Å². The van der Waals surface area contributed by atoms with E-state index in [2.05, 4.69) is 4.98 Å². The highest BCUT2D eigenvalue weighted by atomic mass is 16.4. The minimum atomic E-state index is -0.877. The molecular weight excluding hydrogens is 184 g/mol. The standard InChI is InChI=1S/C9H12N2O3/c1-11-6-5-10-9(11)7(12)3-2-4-8(13)14/h5-6H,2-4H2,1H3,(H,13,14). The molecule has 5 heteroatoms. The third-order valence-corrected chi connectivity index (χ3v) is 1.87. The number of imidazole rings is 1. The van der Waals surface area contributed by atoms with Crippen molar-refractivity contribution in [3.05, 3.63) is 18.2 Å². The van der Waals surface area contributed by atoms with Gasteiger partial charge in [-0.2, -0.15) is 0 Å². The van der Waals surface area contributed by atoms with E-state index < -0.39 is 5.97 Å². The van der Waals surface area contributed by atoms with Crippen LogP contribution < -0.4 is 0 Å². The third kappa shape index (κ3) is 2.69. The largest absolute Gasteiger partial charge is 0.481 e. The van der Waals surface area contributed by atoms with E-state index in [0.29, 0.717) is 12.2 Å². The van der Waals surface area contributed by atoms with E-state index in [1.165, 1.54) is 0 Å². The fraction of sp³-hybridized carbons (Fsp3) is 0.444. The lowest BCUT2D eigenvalue weighted by Gasteiger charge is -1.99. The molecule has 0 spiro atoms. The van der Waals surface area contributed by atoms with E-state index in [0.717, 1.165) is 0 Å². The fourth-order valence-electron chi connectivity index (χ4n) is 1.15. The number of carbonyl (C=O) groups excluding carboxylic acids is 1. The van der Waals surface area contributed by atoms with Gasteiger partial charge in [-0.25, -0.2) is 4.98 Å². The molecule has 0 atom stereocenters. The summed E-state index contributed by atoms with van der Waals surface area (Å²) in [6, 6.07) is 0. The molecule has 0 amide bonds. The lowest BCUT2D eigenvalue weighted by molar-refractivity contribution is -0.137. The molecule has 1 aromatic rings. The summed E-state index contributed by atoms with van der Waals surface area (Å²) in [6.45, 7) is 0. The number of hydrogen-bond donors (Lipinski definition) is 1. The van der Waals surface area contributed by atoms with Crippen LogP contribution in [-0.2, 0) is 11.8 Å². The Balaban J connectivity index is 2.44. The van der Waals surface area contributed by atoms with Crippen LogP contribution in [0.5, 0.6) is 0 Å².